The van der Waals surface area contributed by atoms with Crippen LogP contribution in [0.5, 0.6) is 0 Å². The Bertz CT molecular complexity index is 482. The van der Waals surface area contributed by atoms with Crippen LogP contribution in [0.4, 0.5) is 5.69 Å². The number of carboxylic acids is 1. The number of carboxylic acid groups (broad SMARTS) is 1. The fourth-order valence-corrected chi connectivity index (χ4v) is 2.59. The van der Waals surface area contributed by atoms with Gasteiger partial charge in [-0.1, -0.05) is 12.1 Å². The molecular formula is C13H15NO4. The lowest BCUT2D eigenvalue weighted by atomic mass is 9.86. The van der Waals surface area contributed by atoms with Crippen LogP contribution in [0.2, 0.25) is 0 Å². The number of nitro benzene ring substituents is 1. The first-order chi connectivity index (χ1) is 8.42. The molecule has 5 nitrogen and oxygen atoms in total. The van der Waals surface area contributed by atoms with E-state index in [0.29, 0.717) is 12.8 Å². The van der Waals surface area contributed by atoms with Crippen LogP contribution in [0.25, 0.3) is 0 Å². The van der Waals surface area contributed by atoms with Crippen molar-refractivity contribution in [2.24, 2.45) is 5.41 Å². The molecule has 5 heteroatoms. The average molecular weight is 249 g/mol. The molecule has 0 heterocycles. The highest BCUT2D eigenvalue weighted by atomic mass is 16.6. The highest BCUT2D eigenvalue weighted by Crippen LogP contribution is 2.46. The minimum atomic E-state index is -0.757. The Hall–Kier alpha value is -1.91. The van der Waals surface area contributed by atoms with Crippen molar-refractivity contribution in [3.8, 4) is 0 Å². The summed E-state index contributed by atoms with van der Waals surface area (Å²) in [4.78, 5) is 21.3. The lowest BCUT2D eigenvalue weighted by Crippen LogP contribution is -2.23. The molecule has 1 aromatic carbocycles. The van der Waals surface area contributed by atoms with Gasteiger partial charge in [-0.15, -0.1) is 0 Å². The molecule has 1 aliphatic rings. The Morgan fingerprint density at radius 3 is 2.50 bits per heavy atom. The van der Waals surface area contributed by atoms with Crippen LogP contribution in [0, 0.1) is 15.5 Å². The van der Waals surface area contributed by atoms with Gasteiger partial charge in [-0.25, -0.2) is 0 Å². The molecule has 2 unspecified atom stereocenters. The summed E-state index contributed by atoms with van der Waals surface area (Å²) in [7, 11) is 0. The summed E-state index contributed by atoms with van der Waals surface area (Å²) in [6.45, 7) is 1.76. The summed E-state index contributed by atoms with van der Waals surface area (Å²) in [6, 6.07) is 6.42. The molecular weight excluding hydrogens is 234 g/mol. The second-order valence-electron chi connectivity index (χ2n) is 5.15. The van der Waals surface area contributed by atoms with Crippen LogP contribution in [0.15, 0.2) is 24.3 Å². The second-order valence-corrected chi connectivity index (χ2v) is 5.15. The van der Waals surface area contributed by atoms with E-state index in [1.807, 2.05) is 0 Å². The SMILES string of the molecule is CC1(C(=O)O)CCC(c2ccc([N+](=O)[O-])cc2)C1. The van der Waals surface area contributed by atoms with E-state index in [-0.39, 0.29) is 11.6 Å². The first-order valence-corrected chi connectivity index (χ1v) is 5.90. The summed E-state index contributed by atoms with van der Waals surface area (Å²) >= 11 is 0. The Labute approximate surface area is 105 Å². The molecule has 1 fully saturated rings. The van der Waals surface area contributed by atoms with Gasteiger partial charge in [0, 0.05) is 12.1 Å². The van der Waals surface area contributed by atoms with Gasteiger partial charge in [0.1, 0.15) is 0 Å². The van der Waals surface area contributed by atoms with Gasteiger partial charge in [0.15, 0.2) is 0 Å². The summed E-state index contributed by atoms with van der Waals surface area (Å²) in [5.74, 6) is -0.571. The number of non-ortho nitro benzene ring substituents is 1. The predicted molar refractivity (Wildman–Crippen MR) is 65.4 cm³/mol. The Morgan fingerprint density at radius 2 is 2.06 bits per heavy atom. The van der Waals surface area contributed by atoms with Crippen molar-refractivity contribution in [3.63, 3.8) is 0 Å². The summed E-state index contributed by atoms with van der Waals surface area (Å²) in [5, 5.41) is 19.7. The van der Waals surface area contributed by atoms with Gasteiger partial charge in [0.25, 0.3) is 5.69 Å². The van der Waals surface area contributed by atoms with Gasteiger partial charge in [0.2, 0.25) is 0 Å². The topological polar surface area (TPSA) is 80.4 Å². The number of nitrogens with zero attached hydrogens (tertiary/aromatic N) is 1. The molecule has 1 aromatic rings. The Balaban J connectivity index is 2.15. The molecule has 96 valence electrons. The van der Waals surface area contributed by atoms with Crippen LogP contribution in [-0.4, -0.2) is 16.0 Å². The van der Waals surface area contributed by atoms with Gasteiger partial charge < -0.3 is 5.11 Å². The number of aliphatic carboxylic acids is 1. The van der Waals surface area contributed by atoms with Gasteiger partial charge in [-0.3, -0.25) is 14.9 Å². The zero-order valence-electron chi connectivity index (χ0n) is 10.1. The van der Waals surface area contributed by atoms with Crippen molar-refractivity contribution in [2.75, 3.05) is 0 Å². The number of rotatable bonds is 3. The van der Waals surface area contributed by atoms with E-state index in [4.69, 9.17) is 5.11 Å². The van der Waals surface area contributed by atoms with Crippen molar-refractivity contribution < 1.29 is 14.8 Å². The summed E-state index contributed by atoms with van der Waals surface area (Å²) in [5.41, 5.74) is 0.398. The van der Waals surface area contributed by atoms with Gasteiger partial charge >= 0.3 is 5.97 Å². The zero-order valence-corrected chi connectivity index (χ0v) is 10.1. The van der Waals surface area contributed by atoms with E-state index in [0.717, 1.165) is 12.0 Å². The number of nitro groups is 1. The van der Waals surface area contributed by atoms with Crippen molar-refractivity contribution in [1.82, 2.24) is 0 Å². The summed E-state index contributed by atoms with van der Waals surface area (Å²) in [6.07, 6.45) is 2.07. The minimum Gasteiger partial charge on any atom is -0.481 e. The molecule has 0 amide bonds. The molecule has 0 spiro atoms. The molecule has 0 aromatic heterocycles. The molecule has 0 bridgehead atoms. The third-order valence-electron chi connectivity index (χ3n) is 3.83. The van der Waals surface area contributed by atoms with E-state index in [1.54, 1.807) is 19.1 Å². The standard InChI is InChI=1S/C13H15NO4/c1-13(12(15)16)7-6-10(8-13)9-2-4-11(5-3-9)14(17)18/h2-5,10H,6-8H2,1H3,(H,15,16). The molecule has 1 N–H and O–H groups in total. The fraction of sp³-hybridized carbons (Fsp3) is 0.462. The van der Waals surface area contributed by atoms with Gasteiger partial charge in [-0.05, 0) is 37.7 Å². The molecule has 0 saturated heterocycles. The van der Waals surface area contributed by atoms with Crippen LogP contribution in [0.1, 0.15) is 37.7 Å². The maximum absolute atomic E-state index is 11.2. The minimum absolute atomic E-state index is 0.0674. The van der Waals surface area contributed by atoms with Crippen molar-refractivity contribution in [1.29, 1.82) is 0 Å². The highest BCUT2D eigenvalue weighted by Gasteiger charge is 2.41. The van der Waals surface area contributed by atoms with Crippen LogP contribution >= 0.6 is 0 Å². The molecule has 0 aliphatic heterocycles. The maximum atomic E-state index is 11.2. The Morgan fingerprint density at radius 1 is 1.44 bits per heavy atom. The van der Waals surface area contributed by atoms with Crippen molar-refractivity contribution >= 4 is 11.7 Å². The van der Waals surface area contributed by atoms with Crippen molar-refractivity contribution in [2.45, 2.75) is 32.1 Å². The molecule has 2 rings (SSSR count). The van der Waals surface area contributed by atoms with Gasteiger partial charge in [0.05, 0.1) is 10.3 Å². The van der Waals surface area contributed by atoms with Crippen molar-refractivity contribution in [3.05, 3.63) is 39.9 Å². The van der Waals surface area contributed by atoms with E-state index in [2.05, 4.69) is 0 Å². The third kappa shape index (κ3) is 2.20. The van der Waals surface area contributed by atoms with Crippen LogP contribution in [-0.2, 0) is 4.79 Å². The number of benzene rings is 1. The molecule has 0 radical (unpaired) electrons. The van der Waals surface area contributed by atoms with E-state index in [1.165, 1.54) is 12.1 Å². The predicted octanol–water partition coefficient (Wildman–Crippen LogP) is 2.95. The largest absolute Gasteiger partial charge is 0.481 e. The summed E-state index contributed by atoms with van der Waals surface area (Å²) < 4.78 is 0. The number of carbonyl (C=O) groups is 1. The molecule has 1 aliphatic carbocycles. The smallest absolute Gasteiger partial charge is 0.309 e. The normalized spacial score (nSPS) is 27.1. The average Bonchev–Trinajstić information content (AvgIpc) is 2.73. The first-order valence-electron chi connectivity index (χ1n) is 5.90. The first kappa shape index (κ1) is 12.5. The maximum Gasteiger partial charge on any atom is 0.309 e. The van der Waals surface area contributed by atoms with E-state index in [9.17, 15) is 14.9 Å². The number of hydrogen-bond donors (Lipinski definition) is 1. The monoisotopic (exact) mass is 249 g/mol. The molecule has 2 atom stereocenters. The van der Waals surface area contributed by atoms with Crippen LogP contribution in [0.3, 0.4) is 0 Å². The lowest BCUT2D eigenvalue weighted by Gasteiger charge is -2.18. The highest BCUT2D eigenvalue weighted by molar-refractivity contribution is 5.74. The van der Waals surface area contributed by atoms with E-state index >= 15 is 0 Å². The lowest BCUT2D eigenvalue weighted by molar-refractivity contribution is -0.384. The van der Waals surface area contributed by atoms with Crippen LogP contribution < -0.4 is 0 Å². The number of hydrogen-bond acceptors (Lipinski definition) is 3. The zero-order chi connectivity index (χ0) is 13.3. The van der Waals surface area contributed by atoms with Gasteiger partial charge in [-0.2, -0.15) is 0 Å². The van der Waals surface area contributed by atoms with E-state index < -0.39 is 16.3 Å². The Kier molecular flexibility index (Phi) is 3.07. The molecule has 18 heavy (non-hydrogen) atoms. The second kappa shape index (κ2) is 4.40. The third-order valence-corrected chi connectivity index (χ3v) is 3.83. The fourth-order valence-electron chi connectivity index (χ4n) is 2.59. The quantitative estimate of drug-likeness (QED) is 0.659. The molecule has 1 saturated carbocycles.